The molecule has 2 rings (SSSR count). The zero-order chi connectivity index (χ0) is 11.7. The minimum Gasteiger partial charge on any atom is -0.358 e. The topological polar surface area (TPSA) is 32.9 Å². The third-order valence-electron chi connectivity index (χ3n) is 2.62. The van der Waals surface area contributed by atoms with Gasteiger partial charge in [0.15, 0.2) is 5.43 Å². The summed E-state index contributed by atoms with van der Waals surface area (Å²) in [5.74, 6) is 0. The van der Waals surface area contributed by atoms with Crippen molar-refractivity contribution in [3.63, 3.8) is 0 Å². The number of fused-ring (bicyclic) bond motifs is 1. The molecule has 0 aliphatic heterocycles. The molecule has 2 nitrogen and oxygen atoms in total. The number of allylic oxidation sites excluding steroid dienone is 1. The fraction of sp³-hybridized carbons (Fsp3) is 0.154. The molecule has 0 fully saturated rings. The summed E-state index contributed by atoms with van der Waals surface area (Å²) < 4.78 is 0.916. The Bertz CT molecular complexity index is 613. The summed E-state index contributed by atoms with van der Waals surface area (Å²) in [4.78, 5) is 15.4. The van der Waals surface area contributed by atoms with Crippen molar-refractivity contribution in [2.75, 3.05) is 0 Å². The SMILES string of the molecule is C=CCc1c(C)[nH]c2ccc(Br)cc2c1=O. The first kappa shape index (κ1) is 11.1. The van der Waals surface area contributed by atoms with Gasteiger partial charge >= 0.3 is 0 Å². The maximum absolute atomic E-state index is 12.2. The van der Waals surface area contributed by atoms with Crippen LogP contribution in [0.3, 0.4) is 0 Å². The van der Waals surface area contributed by atoms with Crippen molar-refractivity contribution in [2.45, 2.75) is 13.3 Å². The van der Waals surface area contributed by atoms with Crippen LogP contribution in [-0.4, -0.2) is 4.98 Å². The average Bonchev–Trinajstić information content (AvgIpc) is 2.26. The normalized spacial score (nSPS) is 10.6. The minimum absolute atomic E-state index is 0.0902. The molecule has 0 amide bonds. The van der Waals surface area contributed by atoms with Gasteiger partial charge in [0.25, 0.3) is 0 Å². The van der Waals surface area contributed by atoms with E-state index >= 15 is 0 Å². The molecule has 3 heteroatoms. The third-order valence-corrected chi connectivity index (χ3v) is 3.12. The van der Waals surface area contributed by atoms with E-state index in [9.17, 15) is 4.79 Å². The van der Waals surface area contributed by atoms with Gasteiger partial charge in [-0.25, -0.2) is 0 Å². The number of nitrogens with one attached hydrogen (secondary N) is 1. The van der Waals surface area contributed by atoms with Crippen molar-refractivity contribution in [1.82, 2.24) is 4.98 Å². The van der Waals surface area contributed by atoms with Crippen molar-refractivity contribution in [2.24, 2.45) is 0 Å². The highest BCUT2D eigenvalue weighted by atomic mass is 79.9. The Morgan fingerprint density at radius 2 is 2.25 bits per heavy atom. The smallest absolute Gasteiger partial charge is 0.193 e. The Morgan fingerprint density at radius 1 is 1.50 bits per heavy atom. The number of halogens is 1. The molecule has 0 unspecified atom stereocenters. The number of aromatic amines is 1. The zero-order valence-electron chi connectivity index (χ0n) is 9.01. The molecule has 0 spiro atoms. The van der Waals surface area contributed by atoms with Gasteiger partial charge in [-0.1, -0.05) is 22.0 Å². The fourth-order valence-electron chi connectivity index (χ4n) is 1.81. The van der Waals surface area contributed by atoms with Crippen molar-refractivity contribution in [3.05, 3.63) is 56.8 Å². The largest absolute Gasteiger partial charge is 0.358 e. The molecule has 1 heterocycles. The van der Waals surface area contributed by atoms with Gasteiger partial charge in [0, 0.05) is 26.6 Å². The first-order chi connectivity index (χ1) is 7.63. The summed E-state index contributed by atoms with van der Waals surface area (Å²) >= 11 is 3.38. The molecular formula is C13H12BrNO. The second kappa shape index (κ2) is 4.26. The van der Waals surface area contributed by atoms with Crippen molar-refractivity contribution >= 4 is 26.8 Å². The standard InChI is InChI=1S/C13H12BrNO/c1-3-4-10-8(2)15-12-6-5-9(14)7-11(12)13(10)16/h3,5-7H,1,4H2,2H3,(H,15,16). The molecule has 1 aromatic heterocycles. The number of hydrogen-bond donors (Lipinski definition) is 1. The molecular weight excluding hydrogens is 266 g/mol. The summed E-state index contributed by atoms with van der Waals surface area (Å²) in [7, 11) is 0. The molecule has 0 atom stereocenters. The van der Waals surface area contributed by atoms with E-state index < -0.39 is 0 Å². The van der Waals surface area contributed by atoms with Gasteiger partial charge in [-0.05, 0) is 31.5 Å². The van der Waals surface area contributed by atoms with E-state index in [2.05, 4.69) is 27.5 Å². The minimum atomic E-state index is 0.0902. The van der Waals surface area contributed by atoms with Crippen LogP contribution in [0.2, 0.25) is 0 Å². The van der Waals surface area contributed by atoms with Gasteiger partial charge < -0.3 is 4.98 Å². The van der Waals surface area contributed by atoms with E-state index in [0.717, 1.165) is 26.6 Å². The van der Waals surface area contributed by atoms with E-state index in [1.165, 1.54) is 0 Å². The van der Waals surface area contributed by atoms with Crippen molar-refractivity contribution < 1.29 is 0 Å². The van der Waals surface area contributed by atoms with E-state index in [1.54, 1.807) is 6.08 Å². The number of aryl methyl sites for hydroxylation is 1. The Kier molecular flexibility index (Phi) is 2.97. The first-order valence-corrected chi connectivity index (χ1v) is 5.84. The molecule has 0 bridgehead atoms. The highest BCUT2D eigenvalue weighted by molar-refractivity contribution is 9.10. The van der Waals surface area contributed by atoms with Gasteiger partial charge in [0.05, 0.1) is 0 Å². The van der Waals surface area contributed by atoms with Crippen molar-refractivity contribution in [1.29, 1.82) is 0 Å². The molecule has 1 aromatic carbocycles. The average molecular weight is 278 g/mol. The van der Waals surface area contributed by atoms with Crippen LogP contribution in [0, 0.1) is 6.92 Å². The molecule has 16 heavy (non-hydrogen) atoms. The van der Waals surface area contributed by atoms with Crippen LogP contribution in [0.5, 0.6) is 0 Å². The molecule has 0 aliphatic rings. The van der Waals surface area contributed by atoms with Crippen LogP contribution < -0.4 is 5.43 Å². The monoisotopic (exact) mass is 277 g/mol. The first-order valence-electron chi connectivity index (χ1n) is 5.05. The Morgan fingerprint density at radius 3 is 2.94 bits per heavy atom. The number of benzene rings is 1. The van der Waals surface area contributed by atoms with Crippen LogP contribution in [0.4, 0.5) is 0 Å². The summed E-state index contributed by atoms with van der Waals surface area (Å²) in [5, 5.41) is 0.719. The Hall–Kier alpha value is -1.35. The molecule has 82 valence electrons. The van der Waals surface area contributed by atoms with E-state index in [-0.39, 0.29) is 5.43 Å². The molecule has 1 N–H and O–H groups in total. The summed E-state index contributed by atoms with van der Waals surface area (Å²) in [6.45, 7) is 5.59. The number of pyridine rings is 1. The van der Waals surface area contributed by atoms with Crippen LogP contribution >= 0.6 is 15.9 Å². The summed E-state index contributed by atoms with van der Waals surface area (Å²) in [6.07, 6.45) is 2.35. The number of aromatic nitrogens is 1. The van der Waals surface area contributed by atoms with Crippen LogP contribution in [0.15, 0.2) is 40.1 Å². The molecule has 0 radical (unpaired) electrons. The summed E-state index contributed by atoms with van der Waals surface area (Å²) in [6, 6.07) is 5.68. The Balaban J connectivity index is 2.85. The van der Waals surface area contributed by atoms with E-state index in [0.29, 0.717) is 6.42 Å². The van der Waals surface area contributed by atoms with Crippen LogP contribution in [0.25, 0.3) is 10.9 Å². The van der Waals surface area contributed by atoms with Gasteiger partial charge in [0.2, 0.25) is 0 Å². The van der Waals surface area contributed by atoms with Gasteiger partial charge in [0.1, 0.15) is 0 Å². The molecule has 0 saturated heterocycles. The van der Waals surface area contributed by atoms with E-state index in [1.807, 2.05) is 25.1 Å². The molecule has 0 aliphatic carbocycles. The second-order valence-corrected chi connectivity index (χ2v) is 4.66. The Labute approximate surface area is 102 Å². The maximum Gasteiger partial charge on any atom is 0.193 e. The van der Waals surface area contributed by atoms with Crippen LogP contribution in [0.1, 0.15) is 11.3 Å². The number of hydrogen-bond acceptors (Lipinski definition) is 1. The lowest BCUT2D eigenvalue weighted by Crippen LogP contribution is -2.12. The summed E-state index contributed by atoms with van der Waals surface area (Å²) in [5.41, 5.74) is 2.67. The van der Waals surface area contributed by atoms with E-state index in [4.69, 9.17) is 0 Å². The van der Waals surface area contributed by atoms with Crippen molar-refractivity contribution in [3.8, 4) is 0 Å². The second-order valence-electron chi connectivity index (χ2n) is 3.74. The fourth-order valence-corrected chi connectivity index (χ4v) is 2.17. The molecule has 2 aromatic rings. The third kappa shape index (κ3) is 1.83. The lowest BCUT2D eigenvalue weighted by atomic mass is 10.1. The highest BCUT2D eigenvalue weighted by Gasteiger charge is 2.07. The van der Waals surface area contributed by atoms with Gasteiger partial charge in [-0.3, -0.25) is 4.79 Å². The predicted octanol–water partition coefficient (Wildman–Crippen LogP) is 3.33. The van der Waals surface area contributed by atoms with Gasteiger partial charge in [-0.2, -0.15) is 0 Å². The van der Waals surface area contributed by atoms with Crippen LogP contribution in [-0.2, 0) is 6.42 Å². The quantitative estimate of drug-likeness (QED) is 0.840. The number of H-pyrrole nitrogens is 1. The molecule has 0 saturated carbocycles. The van der Waals surface area contributed by atoms with Gasteiger partial charge in [-0.15, -0.1) is 6.58 Å². The lowest BCUT2D eigenvalue weighted by molar-refractivity contribution is 1.12. The maximum atomic E-state index is 12.2. The number of rotatable bonds is 2. The predicted molar refractivity (Wildman–Crippen MR) is 70.9 cm³/mol. The highest BCUT2D eigenvalue weighted by Crippen LogP contribution is 2.17. The lowest BCUT2D eigenvalue weighted by Gasteiger charge is -2.06. The zero-order valence-corrected chi connectivity index (χ0v) is 10.6.